The van der Waals surface area contributed by atoms with Crippen LogP contribution in [0.4, 0.5) is 5.82 Å². The van der Waals surface area contributed by atoms with Crippen molar-refractivity contribution < 1.29 is 4.74 Å². The second-order valence-electron chi connectivity index (χ2n) is 4.90. The number of benzene rings is 1. The third kappa shape index (κ3) is 3.05. The molecule has 106 valence electrons. The summed E-state index contributed by atoms with van der Waals surface area (Å²) < 4.78 is 5.90. The van der Waals surface area contributed by atoms with Crippen LogP contribution in [0.5, 0.6) is 5.75 Å². The lowest BCUT2D eigenvalue weighted by Gasteiger charge is -2.14. The Hall–Kier alpha value is -2.14. The van der Waals surface area contributed by atoms with Gasteiger partial charge in [-0.2, -0.15) is 0 Å². The molecule has 2 rings (SSSR count). The van der Waals surface area contributed by atoms with Gasteiger partial charge in [0.15, 0.2) is 5.82 Å². The maximum Gasteiger partial charge on any atom is 0.168 e. The van der Waals surface area contributed by atoms with Crippen LogP contribution in [-0.2, 0) is 6.61 Å². The van der Waals surface area contributed by atoms with Crippen LogP contribution in [-0.4, -0.2) is 9.97 Å². The number of anilines is 1. The second-order valence-corrected chi connectivity index (χ2v) is 4.90. The standard InChI is InChI=1S/C15H20N4O/c1-9-5-6-10(2)15(12(9)4)20-8-14-17-11(3)7-13(18-14)19-16/h5-7H,8,16H2,1-4H3,(H,17,18,19). The normalized spacial score (nSPS) is 10.4. The summed E-state index contributed by atoms with van der Waals surface area (Å²) in [4.78, 5) is 8.62. The molecule has 2 aromatic rings. The van der Waals surface area contributed by atoms with Gasteiger partial charge in [0.1, 0.15) is 18.2 Å². The molecule has 0 aliphatic carbocycles. The Labute approximate surface area is 119 Å². The van der Waals surface area contributed by atoms with Gasteiger partial charge in [0.05, 0.1) is 0 Å². The molecule has 0 unspecified atom stereocenters. The van der Waals surface area contributed by atoms with E-state index in [0.717, 1.165) is 22.6 Å². The Morgan fingerprint density at radius 1 is 1.10 bits per heavy atom. The van der Waals surface area contributed by atoms with Gasteiger partial charge in [0, 0.05) is 11.8 Å². The smallest absolute Gasteiger partial charge is 0.168 e. The first kappa shape index (κ1) is 14.3. The molecule has 0 radical (unpaired) electrons. The average Bonchev–Trinajstić information content (AvgIpc) is 2.42. The van der Waals surface area contributed by atoms with E-state index in [9.17, 15) is 0 Å². The van der Waals surface area contributed by atoms with E-state index in [1.165, 1.54) is 5.56 Å². The lowest BCUT2D eigenvalue weighted by molar-refractivity contribution is 0.291. The fraction of sp³-hybridized carbons (Fsp3) is 0.333. The van der Waals surface area contributed by atoms with Crippen molar-refractivity contribution in [1.82, 2.24) is 9.97 Å². The van der Waals surface area contributed by atoms with Crippen molar-refractivity contribution in [1.29, 1.82) is 0 Å². The van der Waals surface area contributed by atoms with Gasteiger partial charge in [-0.1, -0.05) is 12.1 Å². The summed E-state index contributed by atoms with van der Waals surface area (Å²) >= 11 is 0. The van der Waals surface area contributed by atoms with Gasteiger partial charge in [0.2, 0.25) is 0 Å². The first-order chi connectivity index (χ1) is 9.51. The quantitative estimate of drug-likeness (QED) is 0.661. The molecule has 0 fully saturated rings. The largest absolute Gasteiger partial charge is 0.485 e. The third-order valence-corrected chi connectivity index (χ3v) is 3.27. The number of nitrogens with two attached hydrogens (primary N) is 1. The molecule has 1 heterocycles. The van der Waals surface area contributed by atoms with Crippen LogP contribution in [0, 0.1) is 27.7 Å². The van der Waals surface area contributed by atoms with E-state index in [4.69, 9.17) is 10.6 Å². The summed E-state index contributed by atoms with van der Waals surface area (Å²) in [5.74, 6) is 7.48. The van der Waals surface area contributed by atoms with Gasteiger partial charge < -0.3 is 10.2 Å². The highest BCUT2D eigenvalue weighted by atomic mass is 16.5. The van der Waals surface area contributed by atoms with Gasteiger partial charge in [-0.25, -0.2) is 15.8 Å². The Balaban J connectivity index is 2.21. The molecule has 3 N–H and O–H groups in total. The van der Waals surface area contributed by atoms with Crippen molar-refractivity contribution in [2.45, 2.75) is 34.3 Å². The summed E-state index contributed by atoms with van der Waals surface area (Å²) in [6, 6.07) is 5.94. The topological polar surface area (TPSA) is 73.1 Å². The lowest BCUT2D eigenvalue weighted by Crippen LogP contribution is -2.12. The first-order valence-electron chi connectivity index (χ1n) is 6.52. The van der Waals surface area contributed by atoms with Crippen molar-refractivity contribution in [2.24, 2.45) is 5.84 Å². The van der Waals surface area contributed by atoms with Crippen LogP contribution < -0.4 is 16.0 Å². The maximum absolute atomic E-state index is 5.90. The molecule has 5 heteroatoms. The Morgan fingerprint density at radius 3 is 2.50 bits per heavy atom. The van der Waals surface area contributed by atoms with Crippen LogP contribution in [0.2, 0.25) is 0 Å². The number of nitrogens with one attached hydrogen (secondary N) is 1. The molecule has 1 aromatic heterocycles. The number of ether oxygens (including phenoxy) is 1. The number of aryl methyl sites for hydroxylation is 3. The lowest BCUT2D eigenvalue weighted by atomic mass is 10.1. The molecule has 0 atom stereocenters. The predicted octanol–water partition coefficient (Wildman–Crippen LogP) is 2.57. The number of rotatable bonds is 4. The summed E-state index contributed by atoms with van der Waals surface area (Å²) in [6.45, 7) is 8.38. The molecule has 0 bridgehead atoms. The van der Waals surface area contributed by atoms with Gasteiger partial charge in [-0.3, -0.25) is 0 Å². The molecule has 0 saturated heterocycles. The number of nitrogens with zero attached hydrogens (tertiary/aromatic N) is 2. The first-order valence-corrected chi connectivity index (χ1v) is 6.52. The van der Waals surface area contributed by atoms with Crippen molar-refractivity contribution in [3.63, 3.8) is 0 Å². The van der Waals surface area contributed by atoms with Crippen molar-refractivity contribution in [2.75, 3.05) is 5.43 Å². The van der Waals surface area contributed by atoms with Gasteiger partial charge in [-0.05, 0) is 44.4 Å². The van der Waals surface area contributed by atoms with E-state index < -0.39 is 0 Å². The second kappa shape index (κ2) is 5.88. The Morgan fingerprint density at radius 2 is 1.80 bits per heavy atom. The number of hydrogen-bond donors (Lipinski definition) is 2. The SMILES string of the molecule is Cc1cc(NN)nc(COc2c(C)ccc(C)c2C)n1. The summed E-state index contributed by atoms with van der Waals surface area (Å²) in [6.07, 6.45) is 0. The zero-order valence-electron chi connectivity index (χ0n) is 12.3. The molecule has 5 nitrogen and oxygen atoms in total. The van der Waals surface area contributed by atoms with Crippen molar-refractivity contribution >= 4 is 5.82 Å². The van der Waals surface area contributed by atoms with Crippen LogP contribution in [0.3, 0.4) is 0 Å². The highest BCUT2D eigenvalue weighted by molar-refractivity contribution is 5.44. The monoisotopic (exact) mass is 272 g/mol. The molecule has 1 aromatic carbocycles. The van der Waals surface area contributed by atoms with E-state index in [2.05, 4.69) is 41.4 Å². The van der Waals surface area contributed by atoms with Crippen LogP contribution in [0.25, 0.3) is 0 Å². The van der Waals surface area contributed by atoms with Crippen molar-refractivity contribution in [3.8, 4) is 5.75 Å². The van der Waals surface area contributed by atoms with Crippen LogP contribution >= 0.6 is 0 Å². The van der Waals surface area contributed by atoms with Crippen LogP contribution in [0.15, 0.2) is 18.2 Å². The number of aromatic nitrogens is 2. The minimum absolute atomic E-state index is 0.321. The van der Waals surface area contributed by atoms with E-state index in [1.807, 2.05) is 13.8 Å². The van der Waals surface area contributed by atoms with E-state index in [0.29, 0.717) is 18.2 Å². The maximum atomic E-state index is 5.90. The van der Waals surface area contributed by atoms with Crippen molar-refractivity contribution in [3.05, 3.63) is 46.4 Å². The van der Waals surface area contributed by atoms with E-state index in [-0.39, 0.29) is 0 Å². The zero-order chi connectivity index (χ0) is 14.7. The molecule has 0 aliphatic heterocycles. The molecular weight excluding hydrogens is 252 g/mol. The fourth-order valence-electron chi connectivity index (χ4n) is 2.05. The number of hydrazine groups is 1. The number of hydrogen-bond acceptors (Lipinski definition) is 5. The molecule has 0 aliphatic rings. The van der Waals surface area contributed by atoms with E-state index >= 15 is 0 Å². The Bertz CT molecular complexity index is 626. The highest BCUT2D eigenvalue weighted by Crippen LogP contribution is 2.26. The minimum atomic E-state index is 0.321. The molecule has 0 amide bonds. The molecule has 0 saturated carbocycles. The predicted molar refractivity (Wildman–Crippen MR) is 79.6 cm³/mol. The van der Waals surface area contributed by atoms with E-state index in [1.54, 1.807) is 6.07 Å². The third-order valence-electron chi connectivity index (χ3n) is 3.27. The molecule has 20 heavy (non-hydrogen) atoms. The highest BCUT2D eigenvalue weighted by Gasteiger charge is 2.08. The fourth-order valence-corrected chi connectivity index (χ4v) is 2.05. The minimum Gasteiger partial charge on any atom is -0.485 e. The summed E-state index contributed by atoms with van der Waals surface area (Å²) in [5, 5.41) is 0. The summed E-state index contributed by atoms with van der Waals surface area (Å²) in [7, 11) is 0. The molecule has 0 spiro atoms. The Kier molecular flexibility index (Phi) is 4.20. The van der Waals surface area contributed by atoms with Crippen LogP contribution in [0.1, 0.15) is 28.2 Å². The summed E-state index contributed by atoms with van der Waals surface area (Å²) in [5.41, 5.74) is 6.85. The van der Waals surface area contributed by atoms with Gasteiger partial charge >= 0.3 is 0 Å². The average molecular weight is 272 g/mol. The molecular formula is C15H20N4O. The zero-order valence-corrected chi connectivity index (χ0v) is 12.3. The number of nitrogen functional groups attached to an aromatic ring is 1. The van der Waals surface area contributed by atoms with Gasteiger partial charge in [0.25, 0.3) is 0 Å². The van der Waals surface area contributed by atoms with Gasteiger partial charge in [-0.15, -0.1) is 0 Å².